The number of rotatable bonds is 1. The van der Waals surface area contributed by atoms with E-state index in [1.165, 1.54) is 0 Å². The molecule has 4 rings (SSSR count). The first-order chi connectivity index (χ1) is 8.64. The molecule has 0 unspecified atom stereocenters. The van der Waals surface area contributed by atoms with E-state index in [4.69, 9.17) is 11.6 Å². The second-order valence-corrected chi connectivity index (χ2v) is 4.83. The molecule has 0 N–H and O–H groups in total. The van der Waals surface area contributed by atoms with Gasteiger partial charge in [0.25, 0.3) is 0 Å². The van der Waals surface area contributed by atoms with Gasteiger partial charge in [0.2, 0.25) is 0 Å². The van der Waals surface area contributed by atoms with Gasteiger partial charge in [-0.2, -0.15) is 0 Å². The normalized spacial score (nSPS) is 16.7. The minimum atomic E-state index is -1.63. The Hall–Kier alpha value is -1.93. The molecule has 2 nitrogen and oxygen atoms in total. The largest absolute Gasteiger partial charge is 0.291 e. The van der Waals surface area contributed by atoms with Crippen LogP contribution in [0.3, 0.4) is 0 Å². The minimum Gasteiger partial charge on any atom is -0.291 e. The predicted molar refractivity (Wildman–Crippen MR) is 69.1 cm³/mol. The molecule has 0 aliphatic heterocycles. The van der Waals surface area contributed by atoms with Gasteiger partial charge in [-0.05, 0) is 5.56 Å². The fourth-order valence-electron chi connectivity index (χ4n) is 2.20. The van der Waals surface area contributed by atoms with Crippen LogP contribution in [0.5, 0.6) is 0 Å². The fraction of sp³-hybridized carbons (Fsp3) is 0.0667. The lowest BCUT2D eigenvalue weighted by Crippen LogP contribution is -2.37. The molecule has 88 valence electrons. The summed E-state index contributed by atoms with van der Waals surface area (Å²) in [6, 6.07) is 15.3. The van der Waals surface area contributed by atoms with Crippen LogP contribution in [0.2, 0.25) is 0 Å². The van der Waals surface area contributed by atoms with Crippen molar-refractivity contribution >= 4 is 23.2 Å². The second-order valence-electron chi connectivity index (χ2n) is 4.26. The van der Waals surface area contributed by atoms with Crippen molar-refractivity contribution in [1.29, 1.82) is 0 Å². The van der Waals surface area contributed by atoms with Crippen molar-refractivity contribution < 1.29 is 9.59 Å². The van der Waals surface area contributed by atoms with Crippen molar-refractivity contribution in [3.05, 3.63) is 71.3 Å². The van der Waals surface area contributed by atoms with Gasteiger partial charge >= 0.3 is 0 Å². The van der Waals surface area contributed by atoms with E-state index in [0.29, 0.717) is 16.7 Å². The number of carbonyl (C=O) groups is 2. The molecule has 0 fully saturated rings. The Morgan fingerprint density at radius 1 is 0.722 bits per heavy atom. The maximum absolute atomic E-state index is 12.4. The summed E-state index contributed by atoms with van der Waals surface area (Å²) in [5.41, 5.74) is 1.44. The number of Topliss-reactive ketones (excluding diaryl/α,β-unsaturated/α-hetero) is 2. The summed E-state index contributed by atoms with van der Waals surface area (Å²) in [6.45, 7) is 0. The molecular formula is C15H9ClO2. The number of carbonyl (C=O) groups excluding carboxylic acids is 2. The molecule has 2 aromatic carbocycles. The van der Waals surface area contributed by atoms with Crippen LogP contribution in [-0.2, 0) is 4.87 Å². The van der Waals surface area contributed by atoms with Crippen molar-refractivity contribution in [2.75, 3.05) is 0 Å². The van der Waals surface area contributed by atoms with Crippen LogP contribution in [0.15, 0.2) is 54.6 Å². The molecule has 0 amide bonds. The van der Waals surface area contributed by atoms with E-state index in [-0.39, 0.29) is 11.6 Å². The molecular weight excluding hydrogens is 248 g/mol. The summed E-state index contributed by atoms with van der Waals surface area (Å²) in [7, 11) is 0. The molecule has 0 atom stereocenters. The van der Waals surface area contributed by atoms with Gasteiger partial charge in [-0.25, -0.2) is 0 Å². The standard InChI is InChI=1S/C15H9ClO2/c16-15(12-4-2-1-3-5-12)13(17)10-6-7-11(9-8-10)14(15)18/h1-9H. The van der Waals surface area contributed by atoms with Crippen LogP contribution >= 0.6 is 11.6 Å². The topological polar surface area (TPSA) is 34.1 Å². The van der Waals surface area contributed by atoms with Gasteiger partial charge < -0.3 is 0 Å². The Balaban J connectivity index is 2.27. The zero-order valence-corrected chi connectivity index (χ0v) is 10.1. The van der Waals surface area contributed by atoms with Gasteiger partial charge in [0, 0.05) is 11.1 Å². The molecule has 2 aromatic rings. The van der Waals surface area contributed by atoms with Crippen molar-refractivity contribution in [3.8, 4) is 0 Å². The fourth-order valence-corrected chi connectivity index (χ4v) is 2.55. The van der Waals surface area contributed by atoms with E-state index in [2.05, 4.69) is 0 Å². The third-order valence-corrected chi connectivity index (χ3v) is 3.77. The molecule has 2 bridgehead atoms. The van der Waals surface area contributed by atoms with Gasteiger partial charge in [0.05, 0.1) is 0 Å². The van der Waals surface area contributed by atoms with Gasteiger partial charge in [0.15, 0.2) is 16.4 Å². The first kappa shape index (κ1) is 11.2. The van der Waals surface area contributed by atoms with Crippen molar-refractivity contribution in [2.24, 2.45) is 0 Å². The van der Waals surface area contributed by atoms with Crippen molar-refractivity contribution in [1.82, 2.24) is 0 Å². The molecule has 0 radical (unpaired) electrons. The monoisotopic (exact) mass is 256 g/mol. The zero-order valence-electron chi connectivity index (χ0n) is 9.39. The van der Waals surface area contributed by atoms with Gasteiger partial charge in [-0.15, -0.1) is 0 Å². The quantitative estimate of drug-likeness (QED) is 0.580. The third kappa shape index (κ3) is 1.36. The lowest BCUT2D eigenvalue weighted by molar-refractivity contribution is 0.0834. The van der Waals surface area contributed by atoms with Gasteiger partial charge in [-0.3, -0.25) is 9.59 Å². The molecule has 2 aliphatic carbocycles. The summed E-state index contributed by atoms with van der Waals surface area (Å²) in [5.74, 6) is -0.722. The molecule has 2 aliphatic rings. The maximum atomic E-state index is 12.4. The Kier molecular flexibility index (Phi) is 2.35. The number of alkyl halides is 1. The van der Waals surface area contributed by atoms with Crippen LogP contribution in [0.4, 0.5) is 0 Å². The van der Waals surface area contributed by atoms with Crippen LogP contribution in [0, 0.1) is 0 Å². The van der Waals surface area contributed by atoms with E-state index in [1.54, 1.807) is 48.5 Å². The zero-order chi connectivity index (χ0) is 12.8. The third-order valence-electron chi connectivity index (χ3n) is 3.21. The van der Waals surface area contributed by atoms with Crippen molar-refractivity contribution in [3.63, 3.8) is 0 Å². The lowest BCUT2D eigenvalue weighted by Gasteiger charge is -2.22. The number of ketones is 2. The highest BCUT2D eigenvalue weighted by Gasteiger charge is 2.47. The number of hydrogen-bond acceptors (Lipinski definition) is 2. The molecule has 0 saturated heterocycles. The summed E-state index contributed by atoms with van der Waals surface area (Å²) in [4.78, 5) is 23.2. The molecule has 0 saturated carbocycles. The SMILES string of the molecule is O=C1c2ccc(cc2)C(=O)C1(Cl)c1ccccc1. The first-order valence-electron chi connectivity index (χ1n) is 5.58. The van der Waals surface area contributed by atoms with E-state index in [0.717, 1.165) is 0 Å². The van der Waals surface area contributed by atoms with Crippen molar-refractivity contribution in [2.45, 2.75) is 4.87 Å². The van der Waals surface area contributed by atoms with Crippen LogP contribution in [-0.4, -0.2) is 11.6 Å². The number of fused-ring (bicyclic) bond motifs is 4. The summed E-state index contributed by atoms with van der Waals surface area (Å²) in [6.07, 6.45) is 0. The van der Waals surface area contributed by atoms with E-state index in [1.807, 2.05) is 6.07 Å². The Labute approximate surface area is 109 Å². The number of hydrogen-bond donors (Lipinski definition) is 0. The highest BCUT2D eigenvalue weighted by molar-refractivity contribution is 6.51. The first-order valence-corrected chi connectivity index (χ1v) is 5.96. The predicted octanol–water partition coefficient (Wildman–Crippen LogP) is 3.20. The molecule has 18 heavy (non-hydrogen) atoms. The smallest absolute Gasteiger partial charge is 0.196 e. The van der Waals surface area contributed by atoms with Crippen LogP contribution < -0.4 is 0 Å². The van der Waals surface area contributed by atoms with E-state index < -0.39 is 4.87 Å². The number of benzene rings is 2. The van der Waals surface area contributed by atoms with Gasteiger partial charge in [0.1, 0.15) is 0 Å². The molecule has 0 heterocycles. The van der Waals surface area contributed by atoms with Crippen LogP contribution in [0.25, 0.3) is 0 Å². The Bertz CT molecular complexity index is 594. The molecule has 3 heteroatoms. The summed E-state index contributed by atoms with van der Waals surface area (Å²) < 4.78 is 0. The average Bonchev–Trinajstić information content (AvgIpc) is 2.59. The summed E-state index contributed by atoms with van der Waals surface area (Å²) >= 11 is 6.41. The average molecular weight is 257 g/mol. The lowest BCUT2D eigenvalue weighted by atomic mass is 9.87. The molecule has 0 spiro atoms. The maximum Gasteiger partial charge on any atom is 0.196 e. The van der Waals surface area contributed by atoms with E-state index >= 15 is 0 Å². The highest BCUT2D eigenvalue weighted by atomic mass is 35.5. The highest BCUT2D eigenvalue weighted by Crippen LogP contribution is 2.38. The Morgan fingerprint density at radius 3 is 1.61 bits per heavy atom. The van der Waals surface area contributed by atoms with Gasteiger partial charge in [-0.1, -0.05) is 66.2 Å². The van der Waals surface area contributed by atoms with Crippen LogP contribution in [0.1, 0.15) is 26.3 Å². The second kappa shape index (κ2) is 3.79. The molecule has 0 aromatic heterocycles. The van der Waals surface area contributed by atoms with E-state index in [9.17, 15) is 9.59 Å². The number of halogens is 1. The Morgan fingerprint density at radius 2 is 1.17 bits per heavy atom. The minimum absolute atomic E-state index is 0.361. The summed E-state index contributed by atoms with van der Waals surface area (Å²) in [5, 5.41) is 0.